The predicted molar refractivity (Wildman–Crippen MR) is 128 cm³/mol. The van der Waals surface area contributed by atoms with E-state index in [0.717, 1.165) is 18.6 Å². The first-order chi connectivity index (χ1) is 13.8. The van der Waals surface area contributed by atoms with Crippen LogP contribution in [0.15, 0.2) is 34.2 Å². The zero-order valence-corrected chi connectivity index (χ0v) is 21.1. The smallest absolute Gasteiger partial charge is 0.240 e. The number of sulfonamides is 1. The Morgan fingerprint density at radius 3 is 2.83 bits per heavy atom. The van der Waals surface area contributed by atoms with Gasteiger partial charge in [-0.3, -0.25) is 4.99 Å². The van der Waals surface area contributed by atoms with Crippen LogP contribution in [0.5, 0.6) is 0 Å². The summed E-state index contributed by atoms with van der Waals surface area (Å²) < 4.78 is 38.1. The molecule has 8 nitrogen and oxygen atoms in total. The lowest BCUT2D eigenvalue weighted by Crippen LogP contribution is -2.67. The Morgan fingerprint density at radius 2 is 2.13 bits per heavy atom. The minimum absolute atomic E-state index is 0. The Hall–Kier alpha value is -0.950. The lowest BCUT2D eigenvalue weighted by molar-refractivity contribution is -0.106. The third kappa shape index (κ3) is 5.45. The standard InChI is InChI=1S/C20H32N4O4S.HI/c1-20(2)17(16-8-10-28-18(16)20)24-19(21-3)22-13-14-6-5-7-15(12-14)29(25,26)23-9-11-27-4;/h5-7,12,16-18,23H,8-11,13H2,1-4H3,(H2,21,22,24);1H. The van der Waals surface area contributed by atoms with Crippen molar-refractivity contribution in [2.75, 3.05) is 33.9 Å². The summed E-state index contributed by atoms with van der Waals surface area (Å²) in [6, 6.07) is 7.20. The van der Waals surface area contributed by atoms with E-state index in [1.54, 1.807) is 25.2 Å². The van der Waals surface area contributed by atoms with Crippen molar-refractivity contribution in [2.24, 2.45) is 16.3 Å². The van der Waals surface area contributed by atoms with E-state index in [4.69, 9.17) is 9.47 Å². The number of hydrogen-bond donors (Lipinski definition) is 3. The molecule has 1 heterocycles. The summed E-state index contributed by atoms with van der Waals surface area (Å²) in [7, 11) is -0.282. The summed E-state index contributed by atoms with van der Waals surface area (Å²) >= 11 is 0. The van der Waals surface area contributed by atoms with E-state index in [-0.39, 0.29) is 40.8 Å². The Bertz CT molecular complexity index is 847. The Labute approximate surface area is 196 Å². The van der Waals surface area contributed by atoms with E-state index in [1.807, 2.05) is 6.07 Å². The number of hydrogen-bond acceptors (Lipinski definition) is 5. The maximum atomic E-state index is 12.4. The van der Waals surface area contributed by atoms with Gasteiger partial charge in [-0.05, 0) is 24.1 Å². The zero-order valence-electron chi connectivity index (χ0n) is 18.0. The van der Waals surface area contributed by atoms with Crippen molar-refractivity contribution < 1.29 is 17.9 Å². The van der Waals surface area contributed by atoms with Crippen molar-refractivity contribution in [3.8, 4) is 0 Å². The van der Waals surface area contributed by atoms with Crippen LogP contribution in [-0.2, 0) is 26.0 Å². The van der Waals surface area contributed by atoms with Crippen LogP contribution in [-0.4, -0.2) is 60.4 Å². The molecule has 2 aliphatic rings. The topological polar surface area (TPSA) is 101 Å². The number of methoxy groups -OCH3 is 1. The largest absolute Gasteiger partial charge is 0.383 e. The maximum absolute atomic E-state index is 12.4. The van der Waals surface area contributed by atoms with Crippen LogP contribution in [0, 0.1) is 11.3 Å². The summed E-state index contributed by atoms with van der Waals surface area (Å²) in [5.41, 5.74) is 0.915. The first kappa shape index (κ1) is 25.3. The number of fused-ring (bicyclic) bond motifs is 1. The summed E-state index contributed by atoms with van der Waals surface area (Å²) in [5.74, 6) is 1.22. The minimum Gasteiger partial charge on any atom is -0.383 e. The van der Waals surface area contributed by atoms with Crippen molar-refractivity contribution in [1.29, 1.82) is 0 Å². The molecule has 2 fully saturated rings. The normalized spacial score (nSPS) is 25.1. The Kier molecular flexibility index (Phi) is 8.92. The number of benzene rings is 1. The number of guanidine groups is 1. The molecule has 3 atom stereocenters. The van der Waals surface area contributed by atoms with Crippen LogP contribution in [0.25, 0.3) is 0 Å². The number of rotatable bonds is 8. The van der Waals surface area contributed by atoms with Crippen molar-refractivity contribution in [3.05, 3.63) is 29.8 Å². The second-order valence-electron chi connectivity index (χ2n) is 8.15. The van der Waals surface area contributed by atoms with Gasteiger partial charge >= 0.3 is 0 Å². The van der Waals surface area contributed by atoms with Crippen LogP contribution in [0.1, 0.15) is 25.8 Å². The Morgan fingerprint density at radius 1 is 1.37 bits per heavy atom. The van der Waals surface area contributed by atoms with Gasteiger partial charge in [-0.2, -0.15) is 0 Å². The number of ether oxygens (including phenoxy) is 2. The molecular weight excluding hydrogens is 519 g/mol. The molecule has 30 heavy (non-hydrogen) atoms. The molecule has 0 radical (unpaired) electrons. The van der Waals surface area contributed by atoms with E-state index in [2.05, 4.69) is 34.2 Å². The Balaban J connectivity index is 0.00000320. The van der Waals surface area contributed by atoms with Crippen molar-refractivity contribution >= 4 is 40.0 Å². The van der Waals surface area contributed by atoms with Gasteiger partial charge in [-0.15, -0.1) is 24.0 Å². The summed E-state index contributed by atoms with van der Waals surface area (Å²) in [6.45, 7) is 6.29. The SMILES string of the molecule is CN=C(NCc1cccc(S(=O)(=O)NCCOC)c1)NC1C2CCOC2C1(C)C.I. The molecule has 0 spiro atoms. The van der Waals surface area contributed by atoms with Gasteiger partial charge in [0, 0.05) is 51.2 Å². The van der Waals surface area contributed by atoms with Crippen molar-refractivity contribution in [2.45, 2.75) is 43.9 Å². The average Bonchev–Trinajstić information content (AvgIpc) is 3.15. The van der Waals surface area contributed by atoms with Gasteiger partial charge in [-0.25, -0.2) is 13.1 Å². The maximum Gasteiger partial charge on any atom is 0.240 e. The highest BCUT2D eigenvalue weighted by Gasteiger charge is 2.59. The molecule has 0 aromatic heterocycles. The highest BCUT2D eigenvalue weighted by Crippen LogP contribution is 2.52. The van der Waals surface area contributed by atoms with E-state index in [0.29, 0.717) is 37.2 Å². The molecule has 1 saturated heterocycles. The monoisotopic (exact) mass is 552 g/mol. The molecular formula is C20H33IN4O4S. The van der Waals surface area contributed by atoms with Crippen LogP contribution < -0.4 is 15.4 Å². The molecule has 3 N–H and O–H groups in total. The summed E-state index contributed by atoms with van der Waals surface area (Å²) in [5, 5.41) is 6.82. The lowest BCUT2D eigenvalue weighted by atomic mass is 9.57. The molecule has 0 amide bonds. The predicted octanol–water partition coefficient (Wildman–Crippen LogP) is 1.71. The molecule has 10 heteroatoms. The van der Waals surface area contributed by atoms with Gasteiger partial charge in [0.15, 0.2) is 5.96 Å². The van der Waals surface area contributed by atoms with Gasteiger partial charge in [0.2, 0.25) is 10.0 Å². The van der Waals surface area contributed by atoms with Crippen LogP contribution in [0.2, 0.25) is 0 Å². The molecule has 0 bridgehead atoms. The molecule has 1 aromatic rings. The lowest BCUT2D eigenvalue weighted by Gasteiger charge is -2.54. The van der Waals surface area contributed by atoms with Gasteiger partial charge in [0.25, 0.3) is 0 Å². The first-order valence-electron chi connectivity index (χ1n) is 9.96. The third-order valence-electron chi connectivity index (χ3n) is 5.88. The molecule has 3 unspecified atom stereocenters. The fourth-order valence-corrected chi connectivity index (χ4v) is 5.41. The minimum atomic E-state index is -3.56. The van der Waals surface area contributed by atoms with Gasteiger partial charge in [-0.1, -0.05) is 26.0 Å². The second-order valence-corrected chi connectivity index (χ2v) is 9.92. The van der Waals surface area contributed by atoms with Crippen molar-refractivity contribution in [1.82, 2.24) is 15.4 Å². The van der Waals surface area contributed by atoms with Crippen molar-refractivity contribution in [3.63, 3.8) is 0 Å². The van der Waals surface area contributed by atoms with Gasteiger partial charge < -0.3 is 20.1 Å². The van der Waals surface area contributed by atoms with E-state index in [9.17, 15) is 8.42 Å². The third-order valence-corrected chi connectivity index (χ3v) is 7.34. The number of halogens is 1. The quantitative estimate of drug-likeness (QED) is 0.197. The van der Waals surface area contributed by atoms with E-state index < -0.39 is 10.0 Å². The van der Waals surface area contributed by atoms with Crippen LogP contribution in [0.3, 0.4) is 0 Å². The summed E-state index contributed by atoms with van der Waals surface area (Å²) in [6.07, 6.45) is 1.38. The second kappa shape index (κ2) is 10.6. The number of aliphatic imine (C=N–C) groups is 1. The highest BCUT2D eigenvalue weighted by molar-refractivity contribution is 14.0. The molecule has 1 aromatic carbocycles. The molecule has 3 rings (SSSR count). The zero-order chi connectivity index (χ0) is 21.1. The fourth-order valence-electron chi connectivity index (χ4n) is 4.33. The van der Waals surface area contributed by atoms with Gasteiger partial charge in [0.05, 0.1) is 17.6 Å². The average molecular weight is 552 g/mol. The van der Waals surface area contributed by atoms with Gasteiger partial charge in [0.1, 0.15) is 0 Å². The highest BCUT2D eigenvalue weighted by atomic mass is 127. The molecule has 170 valence electrons. The van der Waals surface area contributed by atoms with Crippen LogP contribution in [0.4, 0.5) is 0 Å². The molecule has 1 aliphatic heterocycles. The number of nitrogens with zero attached hydrogens (tertiary/aromatic N) is 1. The van der Waals surface area contributed by atoms with E-state index in [1.165, 1.54) is 7.11 Å². The first-order valence-corrected chi connectivity index (χ1v) is 11.4. The number of nitrogens with one attached hydrogen (secondary N) is 3. The van der Waals surface area contributed by atoms with Crippen LogP contribution >= 0.6 is 24.0 Å². The summed E-state index contributed by atoms with van der Waals surface area (Å²) in [4.78, 5) is 4.57. The molecule has 1 saturated carbocycles. The molecule has 1 aliphatic carbocycles. The fraction of sp³-hybridized carbons (Fsp3) is 0.650. The van der Waals surface area contributed by atoms with E-state index >= 15 is 0 Å².